The summed E-state index contributed by atoms with van der Waals surface area (Å²) in [5.41, 5.74) is 5.46. The van der Waals surface area contributed by atoms with Gasteiger partial charge in [-0.25, -0.2) is 13.1 Å². The van der Waals surface area contributed by atoms with Gasteiger partial charge >= 0.3 is 6.18 Å². The number of hydrogen-bond acceptors (Lipinski definition) is 3. The summed E-state index contributed by atoms with van der Waals surface area (Å²) in [5.74, 6) is 0. The Balaban J connectivity index is 2.92. The molecule has 0 radical (unpaired) electrons. The molecule has 0 saturated heterocycles. The van der Waals surface area contributed by atoms with Crippen molar-refractivity contribution in [1.29, 1.82) is 0 Å². The summed E-state index contributed by atoms with van der Waals surface area (Å²) in [7, 11) is -4.08. The van der Waals surface area contributed by atoms with Crippen LogP contribution in [0.2, 0.25) is 0 Å². The second-order valence-corrected chi connectivity index (χ2v) is 5.80. The summed E-state index contributed by atoms with van der Waals surface area (Å²) < 4.78 is 61.5. The fraction of sp³-hybridized carbons (Fsp3) is 0.300. The van der Waals surface area contributed by atoms with Crippen LogP contribution in [0.25, 0.3) is 0 Å². The molecule has 0 aliphatic carbocycles. The van der Waals surface area contributed by atoms with Gasteiger partial charge in [-0.05, 0) is 6.07 Å². The first-order valence-electron chi connectivity index (χ1n) is 5.09. The van der Waals surface area contributed by atoms with Gasteiger partial charge in [0, 0.05) is 12.1 Å². The molecule has 0 heterocycles. The highest BCUT2D eigenvalue weighted by molar-refractivity contribution is 7.89. The van der Waals surface area contributed by atoms with Crippen molar-refractivity contribution >= 4 is 27.2 Å². The van der Waals surface area contributed by atoms with Crippen LogP contribution in [0.15, 0.2) is 29.2 Å². The lowest BCUT2D eigenvalue weighted by molar-refractivity contribution is -0.132. The van der Waals surface area contributed by atoms with Crippen molar-refractivity contribution in [3.8, 4) is 0 Å². The van der Waals surface area contributed by atoms with Crippen molar-refractivity contribution in [3.63, 3.8) is 0 Å². The van der Waals surface area contributed by atoms with E-state index in [1.54, 1.807) is 0 Å². The summed E-state index contributed by atoms with van der Waals surface area (Å²) >= 11 is 4.70. The third-order valence-electron chi connectivity index (χ3n) is 2.14. The summed E-state index contributed by atoms with van der Waals surface area (Å²) in [6.07, 6.45) is -5.67. The van der Waals surface area contributed by atoms with Crippen LogP contribution in [-0.2, 0) is 10.0 Å². The Bertz CT molecular complexity index is 570. The molecule has 0 aliphatic heterocycles. The van der Waals surface area contributed by atoms with E-state index >= 15 is 0 Å². The zero-order chi connectivity index (χ0) is 14.7. The second kappa shape index (κ2) is 5.85. The summed E-state index contributed by atoms with van der Waals surface area (Å²) in [4.78, 5) is -0.374. The van der Waals surface area contributed by atoms with E-state index in [1.165, 1.54) is 24.3 Å². The zero-order valence-corrected chi connectivity index (χ0v) is 11.2. The maximum atomic E-state index is 12.0. The van der Waals surface area contributed by atoms with Crippen molar-refractivity contribution in [1.82, 2.24) is 4.72 Å². The average molecular weight is 312 g/mol. The Morgan fingerprint density at radius 2 is 1.89 bits per heavy atom. The SMILES string of the molecule is NC(=S)c1ccccc1S(=O)(=O)NCCC(F)(F)F. The highest BCUT2D eigenvalue weighted by Crippen LogP contribution is 2.19. The van der Waals surface area contributed by atoms with Crippen LogP contribution in [-0.4, -0.2) is 26.1 Å². The minimum Gasteiger partial charge on any atom is -0.389 e. The minimum absolute atomic E-state index is 0.0945. The van der Waals surface area contributed by atoms with E-state index in [9.17, 15) is 21.6 Å². The van der Waals surface area contributed by atoms with Crippen molar-refractivity contribution in [2.45, 2.75) is 17.5 Å². The molecule has 1 aromatic carbocycles. The van der Waals surface area contributed by atoms with Crippen molar-refractivity contribution in [2.24, 2.45) is 5.73 Å². The number of thiocarbonyl (C=S) groups is 1. The second-order valence-electron chi connectivity index (χ2n) is 3.62. The van der Waals surface area contributed by atoms with Crippen LogP contribution in [0.4, 0.5) is 13.2 Å². The molecule has 0 atom stereocenters. The first kappa shape index (κ1) is 15.9. The molecule has 0 spiro atoms. The monoisotopic (exact) mass is 312 g/mol. The number of halogens is 3. The van der Waals surface area contributed by atoms with Crippen LogP contribution in [0.1, 0.15) is 12.0 Å². The number of rotatable bonds is 5. The van der Waals surface area contributed by atoms with E-state index in [4.69, 9.17) is 18.0 Å². The first-order valence-corrected chi connectivity index (χ1v) is 6.98. The molecule has 9 heteroatoms. The van der Waals surface area contributed by atoms with Crippen LogP contribution in [0.3, 0.4) is 0 Å². The molecular formula is C10H11F3N2O2S2. The average Bonchev–Trinajstić information content (AvgIpc) is 2.27. The molecule has 0 aromatic heterocycles. The van der Waals surface area contributed by atoms with Crippen LogP contribution in [0.5, 0.6) is 0 Å². The smallest absolute Gasteiger partial charge is 0.389 e. The number of benzene rings is 1. The number of nitrogens with one attached hydrogen (secondary N) is 1. The van der Waals surface area contributed by atoms with Gasteiger partial charge in [0.1, 0.15) is 4.99 Å². The van der Waals surface area contributed by atoms with Gasteiger partial charge < -0.3 is 5.73 Å². The van der Waals surface area contributed by atoms with Crippen molar-refractivity contribution in [2.75, 3.05) is 6.54 Å². The fourth-order valence-electron chi connectivity index (χ4n) is 1.31. The molecule has 0 unspecified atom stereocenters. The van der Waals surface area contributed by atoms with Crippen LogP contribution >= 0.6 is 12.2 Å². The van der Waals surface area contributed by atoms with Gasteiger partial charge in [0.15, 0.2) is 0 Å². The van der Waals surface area contributed by atoms with Gasteiger partial charge in [-0.1, -0.05) is 30.4 Å². The van der Waals surface area contributed by atoms with Gasteiger partial charge in [0.05, 0.1) is 11.3 Å². The summed E-state index contributed by atoms with van der Waals surface area (Å²) in [5, 5.41) is 0. The van der Waals surface area contributed by atoms with Crippen molar-refractivity contribution < 1.29 is 21.6 Å². The van der Waals surface area contributed by atoms with Crippen LogP contribution in [0, 0.1) is 0 Å². The Morgan fingerprint density at radius 3 is 2.42 bits per heavy atom. The Kier molecular flexibility index (Phi) is 4.88. The minimum atomic E-state index is -4.43. The molecule has 1 aromatic rings. The molecule has 0 aliphatic rings. The lowest BCUT2D eigenvalue weighted by atomic mass is 10.2. The van der Waals surface area contributed by atoms with Gasteiger partial charge in [-0.15, -0.1) is 0 Å². The molecule has 0 saturated carbocycles. The first-order chi connectivity index (χ1) is 8.63. The highest BCUT2D eigenvalue weighted by atomic mass is 32.2. The lowest BCUT2D eigenvalue weighted by Crippen LogP contribution is -2.29. The molecule has 0 bridgehead atoms. The third kappa shape index (κ3) is 4.77. The molecule has 0 fully saturated rings. The van der Waals surface area contributed by atoms with E-state index in [1.807, 2.05) is 4.72 Å². The predicted molar refractivity (Wildman–Crippen MR) is 68.2 cm³/mol. The van der Waals surface area contributed by atoms with Gasteiger partial charge in [-0.2, -0.15) is 13.2 Å². The molecule has 19 heavy (non-hydrogen) atoms. The molecule has 106 valence electrons. The molecular weight excluding hydrogens is 301 g/mol. The topological polar surface area (TPSA) is 72.2 Å². The Hall–Kier alpha value is -1.19. The van der Waals surface area contributed by atoms with Crippen molar-refractivity contribution in [3.05, 3.63) is 29.8 Å². The van der Waals surface area contributed by atoms with E-state index in [0.29, 0.717) is 0 Å². The zero-order valence-electron chi connectivity index (χ0n) is 9.57. The number of alkyl halides is 3. The standard InChI is InChI=1S/C10H11F3N2O2S2/c11-10(12,13)5-6-15-19(16,17)8-4-2-1-3-7(8)9(14)18/h1-4,15H,5-6H2,(H2,14,18). The largest absolute Gasteiger partial charge is 0.390 e. The maximum Gasteiger partial charge on any atom is 0.390 e. The summed E-state index contributed by atoms with van der Waals surface area (Å²) in [6.45, 7) is -0.739. The maximum absolute atomic E-state index is 12.0. The normalized spacial score (nSPS) is 12.4. The predicted octanol–water partition coefficient (Wildman–Crippen LogP) is 1.55. The molecule has 4 nitrogen and oxygen atoms in total. The number of sulfonamides is 1. The highest BCUT2D eigenvalue weighted by Gasteiger charge is 2.28. The molecule has 3 N–H and O–H groups in total. The molecule has 0 amide bonds. The number of nitrogens with two attached hydrogens (primary N) is 1. The Morgan fingerprint density at radius 1 is 1.32 bits per heavy atom. The summed E-state index contributed by atoms with van der Waals surface area (Å²) in [6, 6.07) is 5.58. The fourth-order valence-corrected chi connectivity index (χ4v) is 2.80. The Labute approximate surface area is 113 Å². The van der Waals surface area contributed by atoms with E-state index in [-0.39, 0.29) is 15.4 Å². The van der Waals surface area contributed by atoms with Gasteiger partial charge in [0.2, 0.25) is 10.0 Å². The number of hydrogen-bond donors (Lipinski definition) is 2. The third-order valence-corrected chi connectivity index (χ3v) is 3.88. The van der Waals surface area contributed by atoms with E-state index in [2.05, 4.69) is 0 Å². The van der Waals surface area contributed by atoms with Gasteiger partial charge in [-0.3, -0.25) is 0 Å². The quantitative estimate of drug-likeness (QED) is 0.809. The van der Waals surface area contributed by atoms with Gasteiger partial charge in [0.25, 0.3) is 0 Å². The van der Waals surface area contributed by atoms with Crippen LogP contribution < -0.4 is 10.5 Å². The lowest BCUT2D eigenvalue weighted by Gasteiger charge is -2.11. The molecule has 1 rings (SSSR count). The van der Waals surface area contributed by atoms with E-state index in [0.717, 1.165) is 0 Å². The van der Waals surface area contributed by atoms with E-state index < -0.39 is 29.2 Å².